The Kier molecular flexibility index (Phi) is 8.12. The molecular formula is C15H19F8IN2O4S. The Morgan fingerprint density at radius 2 is 1.45 bits per heavy atom. The van der Waals surface area contributed by atoms with E-state index in [1.165, 1.54) is 4.90 Å². The molecule has 0 aromatic heterocycles. The lowest BCUT2D eigenvalue weighted by Gasteiger charge is -2.35. The third kappa shape index (κ3) is 5.90. The minimum absolute atomic E-state index is 0.0441. The van der Waals surface area contributed by atoms with E-state index in [9.17, 15) is 43.5 Å². The predicted octanol–water partition coefficient (Wildman–Crippen LogP) is 4.45. The smallest absolute Gasteiger partial charge is 0.378 e. The predicted molar refractivity (Wildman–Crippen MR) is 100 cm³/mol. The molecule has 31 heavy (non-hydrogen) atoms. The van der Waals surface area contributed by atoms with Crippen LogP contribution in [0.1, 0.15) is 32.1 Å². The van der Waals surface area contributed by atoms with Crippen molar-refractivity contribution in [2.75, 3.05) is 26.3 Å². The molecule has 182 valence electrons. The van der Waals surface area contributed by atoms with Crippen LogP contribution in [0.15, 0.2) is 4.40 Å². The second-order valence-electron chi connectivity index (χ2n) is 7.01. The van der Waals surface area contributed by atoms with Crippen molar-refractivity contribution < 1.29 is 53.0 Å². The van der Waals surface area contributed by atoms with Crippen LogP contribution in [0.2, 0.25) is 0 Å². The minimum atomic E-state index is -6.52. The van der Waals surface area contributed by atoms with Gasteiger partial charge in [-0.25, -0.2) is 4.74 Å². The molecule has 1 saturated carbocycles. The summed E-state index contributed by atoms with van der Waals surface area (Å²) in [5.41, 5.74) is 0. The first-order valence-corrected chi connectivity index (χ1v) is 11.6. The van der Waals surface area contributed by atoms with Crippen LogP contribution in [0.3, 0.4) is 0 Å². The van der Waals surface area contributed by atoms with Gasteiger partial charge in [0.25, 0.3) is 0 Å². The van der Waals surface area contributed by atoms with Gasteiger partial charge < -0.3 is 9.64 Å². The fourth-order valence-electron chi connectivity index (χ4n) is 3.15. The van der Waals surface area contributed by atoms with Gasteiger partial charge in [0.1, 0.15) is 5.84 Å². The summed E-state index contributed by atoms with van der Waals surface area (Å²) in [6.07, 6.45) is -9.87. The normalized spacial score (nSPS) is 21.5. The maximum atomic E-state index is 14.2. The molecule has 0 amide bonds. The monoisotopic (exact) mass is 602 g/mol. The second-order valence-corrected chi connectivity index (χ2v) is 10.0. The Balaban J connectivity index is 2.42. The third-order valence-corrected chi connectivity index (χ3v) is 6.71. The third-order valence-electron chi connectivity index (χ3n) is 4.77. The number of ether oxygens (including phenoxy) is 2. The molecule has 0 radical (unpaired) electrons. The quantitative estimate of drug-likeness (QED) is 0.142. The van der Waals surface area contributed by atoms with E-state index >= 15 is 0 Å². The molecule has 0 N–H and O–H groups in total. The van der Waals surface area contributed by atoms with Crippen LogP contribution in [-0.2, 0) is 19.5 Å². The van der Waals surface area contributed by atoms with Gasteiger partial charge in [0.05, 0.1) is 13.2 Å². The van der Waals surface area contributed by atoms with E-state index in [2.05, 4.69) is 9.13 Å². The molecule has 0 bridgehead atoms. The Bertz CT molecular complexity index is 743. The van der Waals surface area contributed by atoms with Gasteiger partial charge in [-0.15, -0.1) is 4.40 Å². The van der Waals surface area contributed by atoms with Gasteiger partial charge in [-0.3, -0.25) is 0 Å². The number of alkyl halides is 9. The SMILES string of the molecule is O=S(=O)(/N=C(/C1CCCCC1)N1CCOCC1)C(F)(F)C(F)(F)OC(F)(F)C(F)(F)I. The topological polar surface area (TPSA) is 68.2 Å². The van der Waals surface area contributed by atoms with Crippen LogP contribution in [0, 0.1) is 5.92 Å². The Hall–Kier alpha value is -0.490. The molecule has 16 heteroatoms. The van der Waals surface area contributed by atoms with E-state index in [0.29, 0.717) is 25.7 Å². The summed E-state index contributed by atoms with van der Waals surface area (Å²) in [7, 11) is -6.52. The maximum absolute atomic E-state index is 14.2. The van der Waals surface area contributed by atoms with Crippen molar-refractivity contribution in [1.82, 2.24) is 4.90 Å². The number of hydrogen-bond acceptors (Lipinski definition) is 4. The van der Waals surface area contributed by atoms with Crippen LogP contribution in [0.25, 0.3) is 0 Å². The molecule has 1 saturated heterocycles. The van der Waals surface area contributed by atoms with Gasteiger partial charge >= 0.3 is 31.4 Å². The highest BCUT2D eigenvalue weighted by Crippen LogP contribution is 2.49. The molecule has 1 heterocycles. The number of hydrogen-bond donors (Lipinski definition) is 0. The van der Waals surface area contributed by atoms with Crippen LogP contribution >= 0.6 is 22.6 Å². The molecule has 0 unspecified atom stereocenters. The molecule has 0 spiro atoms. The average Bonchev–Trinajstić information content (AvgIpc) is 2.65. The fourth-order valence-corrected chi connectivity index (χ4v) is 4.23. The van der Waals surface area contributed by atoms with Crippen molar-refractivity contribution in [3.05, 3.63) is 0 Å². The Morgan fingerprint density at radius 3 is 1.94 bits per heavy atom. The van der Waals surface area contributed by atoms with Crippen molar-refractivity contribution in [1.29, 1.82) is 0 Å². The zero-order chi connectivity index (χ0) is 23.7. The molecule has 1 aliphatic carbocycles. The van der Waals surface area contributed by atoms with Crippen molar-refractivity contribution in [3.63, 3.8) is 0 Å². The molecule has 1 aliphatic heterocycles. The van der Waals surface area contributed by atoms with Crippen LogP contribution < -0.4 is 0 Å². The molecule has 0 aromatic rings. The van der Waals surface area contributed by atoms with Crippen LogP contribution in [0.4, 0.5) is 35.1 Å². The van der Waals surface area contributed by atoms with Crippen molar-refractivity contribution in [2.24, 2.45) is 10.3 Å². The zero-order valence-corrected chi connectivity index (χ0v) is 18.8. The fraction of sp³-hybridized carbons (Fsp3) is 0.933. The highest BCUT2D eigenvalue weighted by Gasteiger charge is 2.74. The van der Waals surface area contributed by atoms with Gasteiger partial charge in [-0.2, -0.15) is 43.5 Å². The van der Waals surface area contributed by atoms with Gasteiger partial charge in [0, 0.05) is 41.6 Å². The van der Waals surface area contributed by atoms with E-state index in [1.54, 1.807) is 0 Å². The summed E-state index contributed by atoms with van der Waals surface area (Å²) < 4.78 is 137. The molecule has 0 aromatic carbocycles. The van der Waals surface area contributed by atoms with Gasteiger partial charge in [0.2, 0.25) is 0 Å². The van der Waals surface area contributed by atoms with E-state index < -0.39 is 43.2 Å². The summed E-state index contributed by atoms with van der Waals surface area (Å²) in [6, 6.07) is 0. The molecule has 2 rings (SSSR count). The Morgan fingerprint density at radius 1 is 0.935 bits per heavy atom. The lowest BCUT2D eigenvalue weighted by atomic mass is 9.88. The first-order chi connectivity index (χ1) is 14.0. The van der Waals surface area contributed by atoms with E-state index in [-0.39, 0.29) is 48.9 Å². The molecular weight excluding hydrogens is 583 g/mol. The van der Waals surface area contributed by atoms with E-state index in [1.807, 2.05) is 0 Å². The summed E-state index contributed by atoms with van der Waals surface area (Å²) in [5, 5.41) is -6.35. The van der Waals surface area contributed by atoms with Gasteiger partial charge in [0.15, 0.2) is 0 Å². The number of sulfonamides is 1. The minimum Gasteiger partial charge on any atom is -0.378 e. The summed E-state index contributed by atoms with van der Waals surface area (Å²) >= 11 is -0.295. The van der Waals surface area contributed by atoms with Crippen LogP contribution in [0.5, 0.6) is 0 Å². The van der Waals surface area contributed by atoms with Crippen LogP contribution in [-0.4, -0.2) is 66.9 Å². The molecule has 6 nitrogen and oxygen atoms in total. The lowest BCUT2D eigenvalue weighted by Crippen LogP contribution is -2.55. The molecule has 2 aliphatic rings. The highest BCUT2D eigenvalue weighted by atomic mass is 127. The average molecular weight is 602 g/mol. The van der Waals surface area contributed by atoms with Gasteiger partial charge in [-0.1, -0.05) is 19.3 Å². The number of nitrogens with zero attached hydrogens (tertiary/aromatic N) is 2. The number of rotatable bonds is 7. The summed E-state index contributed by atoms with van der Waals surface area (Å²) in [4.78, 5) is 1.29. The zero-order valence-electron chi connectivity index (χ0n) is 15.8. The van der Waals surface area contributed by atoms with Crippen molar-refractivity contribution >= 4 is 38.4 Å². The number of amidine groups is 1. The van der Waals surface area contributed by atoms with Crippen molar-refractivity contribution in [3.8, 4) is 0 Å². The number of halogens is 9. The molecule has 0 atom stereocenters. The highest BCUT2D eigenvalue weighted by molar-refractivity contribution is 14.1. The first kappa shape index (κ1) is 26.8. The maximum Gasteiger partial charge on any atom is 0.455 e. The lowest BCUT2D eigenvalue weighted by molar-refractivity contribution is -0.438. The van der Waals surface area contributed by atoms with E-state index in [0.717, 1.165) is 6.42 Å². The Labute approximate surface area is 186 Å². The molecule has 2 fully saturated rings. The standard InChI is InChI=1S/C15H19F8IN2O4S/c16-12(17,24)13(18,19)30-14(20,21)15(22,23)31(27,28)25-11(10-4-2-1-3-5-10)26-6-8-29-9-7-26/h10H,1-9H2/b25-11-. The second kappa shape index (κ2) is 9.40. The van der Waals surface area contributed by atoms with Gasteiger partial charge in [-0.05, 0) is 12.8 Å². The largest absolute Gasteiger partial charge is 0.455 e. The summed E-state index contributed by atoms with van der Waals surface area (Å²) in [5.74, 6) is -1.06. The number of morpholine rings is 1. The van der Waals surface area contributed by atoms with Crippen molar-refractivity contribution in [2.45, 2.75) is 53.5 Å². The first-order valence-electron chi connectivity index (χ1n) is 9.09. The van der Waals surface area contributed by atoms with E-state index in [4.69, 9.17) is 4.74 Å². The summed E-state index contributed by atoms with van der Waals surface area (Å²) in [6.45, 7) is 0.279.